The number of nitrogens with two attached hydrogens (primary N) is 1. The van der Waals surface area contributed by atoms with Crippen molar-refractivity contribution in [2.75, 3.05) is 7.05 Å². The molecule has 1 fully saturated rings. The quantitative estimate of drug-likeness (QED) is 0.542. The molecule has 1 saturated heterocycles. The van der Waals surface area contributed by atoms with Gasteiger partial charge in [0.1, 0.15) is 0 Å². The summed E-state index contributed by atoms with van der Waals surface area (Å²) in [7, 11) is 2.18. The van der Waals surface area contributed by atoms with Gasteiger partial charge in [-0.15, -0.1) is 0 Å². The molecule has 2 heteroatoms. The number of likely N-dealkylation sites (tertiary alicyclic amines) is 1. The van der Waals surface area contributed by atoms with Gasteiger partial charge in [-0.2, -0.15) is 0 Å². The molecule has 2 nitrogen and oxygen atoms in total. The Labute approximate surface area is 63.4 Å². The van der Waals surface area contributed by atoms with Gasteiger partial charge in [0.25, 0.3) is 0 Å². The van der Waals surface area contributed by atoms with Crippen LogP contribution in [0.25, 0.3) is 0 Å². The van der Waals surface area contributed by atoms with Crippen LogP contribution in [0.2, 0.25) is 0 Å². The molecule has 1 rings (SSSR count). The molecule has 0 aliphatic carbocycles. The van der Waals surface area contributed by atoms with Gasteiger partial charge in [0, 0.05) is 18.1 Å². The molecule has 0 aromatic heterocycles. The maximum absolute atomic E-state index is 5.85. The Morgan fingerprint density at radius 2 is 1.60 bits per heavy atom. The van der Waals surface area contributed by atoms with Crippen LogP contribution in [-0.4, -0.2) is 30.1 Å². The molecule has 1 aliphatic rings. The molecule has 1 aliphatic heterocycles. The Kier molecular flexibility index (Phi) is 2.32. The van der Waals surface area contributed by atoms with Gasteiger partial charge in [-0.25, -0.2) is 0 Å². The number of hydrogen-bond donors (Lipinski definition) is 1. The summed E-state index contributed by atoms with van der Waals surface area (Å²) in [4.78, 5) is 2.41. The van der Waals surface area contributed by atoms with E-state index in [9.17, 15) is 0 Å². The van der Waals surface area contributed by atoms with E-state index in [1.807, 2.05) is 0 Å². The molecule has 0 amide bonds. The van der Waals surface area contributed by atoms with Crippen molar-refractivity contribution in [1.29, 1.82) is 0 Å². The molecule has 0 unspecified atom stereocenters. The highest BCUT2D eigenvalue weighted by Crippen LogP contribution is 2.19. The number of piperidine rings is 1. The third-order valence-corrected chi connectivity index (χ3v) is 2.68. The van der Waals surface area contributed by atoms with E-state index < -0.39 is 0 Å². The van der Waals surface area contributed by atoms with E-state index in [4.69, 9.17) is 5.73 Å². The minimum Gasteiger partial charge on any atom is -0.328 e. The predicted octanol–water partition coefficient (Wildman–Crippen LogP) is 0.816. The largest absolute Gasteiger partial charge is 0.328 e. The zero-order valence-electron chi connectivity index (χ0n) is 7.17. The first-order valence-corrected chi connectivity index (χ1v) is 4.08. The Balaban J connectivity index is 2.49. The minimum absolute atomic E-state index is 0.432. The van der Waals surface area contributed by atoms with Gasteiger partial charge in [0.2, 0.25) is 0 Å². The van der Waals surface area contributed by atoms with Crippen LogP contribution in [-0.2, 0) is 0 Å². The van der Waals surface area contributed by atoms with E-state index in [1.165, 1.54) is 0 Å². The van der Waals surface area contributed by atoms with Gasteiger partial charge in [0.05, 0.1) is 0 Å². The molecule has 1 heterocycles. The van der Waals surface area contributed by atoms with Crippen molar-refractivity contribution in [3.8, 4) is 0 Å². The van der Waals surface area contributed by atoms with Crippen molar-refractivity contribution in [2.45, 2.75) is 44.8 Å². The van der Waals surface area contributed by atoms with E-state index in [2.05, 4.69) is 25.8 Å². The SMILES string of the molecule is C[C@H]1CC(N)C[C@H](C)N1C. The van der Waals surface area contributed by atoms with Gasteiger partial charge >= 0.3 is 0 Å². The lowest BCUT2D eigenvalue weighted by molar-refractivity contribution is 0.124. The van der Waals surface area contributed by atoms with Crippen molar-refractivity contribution >= 4 is 0 Å². The summed E-state index contributed by atoms with van der Waals surface area (Å²) in [5.74, 6) is 0. The average Bonchev–Trinajstić information content (AvgIpc) is 1.82. The summed E-state index contributed by atoms with van der Waals surface area (Å²) in [6.45, 7) is 4.49. The second kappa shape index (κ2) is 2.89. The van der Waals surface area contributed by atoms with E-state index in [0.717, 1.165) is 12.8 Å². The summed E-state index contributed by atoms with van der Waals surface area (Å²) < 4.78 is 0. The Bertz CT molecular complexity index is 102. The van der Waals surface area contributed by atoms with E-state index in [-0.39, 0.29) is 0 Å². The molecule has 2 N–H and O–H groups in total. The van der Waals surface area contributed by atoms with E-state index >= 15 is 0 Å². The van der Waals surface area contributed by atoms with Crippen LogP contribution >= 0.6 is 0 Å². The summed E-state index contributed by atoms with van der Waals surface area (Å²) in [6, 6.07) is 1.76. The molecular weight excluding hydrogens is 124 g/mol. The monoisotopic (exact) mass is 142 g/mol. The minimum atomic E-state index is 0.432. The van der Waals surface area contributed by atoms with Crippen LogP contribution in [0.5, 0.6) is 0 Å². The van der Waals surface area contributed by atoms with E-state index in [0.29, 0.717) is 18.1 Å². The van der Waals surface area contributed by atoms with Crippen LogP contribution < -0.4 is 5.73 Å². The highest BCUT2D eigenvalue weighted by atomic mass is 15.2. The Morgan fingerprint density at radius 3 is 2.00 bits per heavy atom. The maximum atomic E-state index is 5.85. The van der Waals surface area contributed by atoms with Gasteiger partial charge < -0.3 is 10.6 Å². The van der Waals surface area contributed by atoms with Crippen molar-refractivity contribution in [1.82, 2.24) is 4.90 Å². The summed E-state index contributed by atoms with van der Waals surface area (Å²) in [5.41, 5.74) is 5.85. The summed E-state index contributed by atoms with van der Waals surface area (Å²) in [6.07, 6.45) is 2.31. The van der Waals surface area contributed by atoms with Gasteiger partial charge in [-0.05, 0) is 33.7 Å². The highest BCUT2D eigenvalue weighted by molar-refractivity contribution is 4.83. The molecule has 2 atom stereocenters. The van der Waals surface area contributed by atoms with Crippen LogP contribution in [0.4, 0.5) is 0 Å². The molecule has 0 saturated carbocycles. The predicted molar refractivity (Wildman–Crippen MR) is 43.9 cm³/mol. The Morgan fingerprint density at radius 1 is 1.20 bits per heavy atom. The normalized spacial score (nSPS) is 43.8. The van der Waals surface area contributed by atoms with Crippen molar-refractivity contribution in [2.24, 2.45) is 5.73 Å². The highest BCUT2D eigenvalue weighted by Gasteiger charge is 2.25. The van der Waals surface area contributed by atoms with Crippen molar-refractivity contribution < 1.29 is 0 Å². The van der Waals surface area contributed by atoms with Gasteiger partial charge in [-0.3, -0.25) is 0 Å². The second-order valence-electron chi connectivity index (χ2n) is 3.59. The smallest absolute Gasteiger partial charge is 0.00814 e. The molecule has 10 heavy (non-hydrogen) atoms. The first-order chi connectivity index (χ1) is 4.61. The standard InChI is InChI=1S/C8H18N2/c1-6-4-8(9)5-7(2)10(6)3/h6-8H,4-5,9H2,1-3H3/t6-,7-/m0/s1. The summed E-state index contributed by atoms with van der Waals surface area (Å²) in [5, 5.41) is 0. The fourth-order valence-corrected chi connectivity index (χ4v) is 1.74. The molecule has 0 aromatic carbocycles. The summed E-state index contributed by atoms with van der Waals surface area (Å²) >= 11 is 0. The van der Waals surface area contributed by atoms with Crippen LogP contribution in [0.15, 0.2) is 0 Å². The molecular formula is C8H18N2. The van der Waals surface area contributed by atoms with Crippen LogP contribution in [0.1, 0.15) is 26.7 Å². The average molecular weight is 142 g/mol. The van der Waals surface area contributed by atoms with Gasteiger partial charge in [0.15, 0.2) is 0 Å². The van der Waals surface area contributed by atoms with Crippen LogP contribution in [0, 0.1) is 0 Å². The lowest BCUT2D eigenvalue weighted by atomic mass is 9.94. The zero-order chi connectivity index (χ0) is 7.72. The number of nitrogens with zero attached hydrogens (tertiary/aromatic N) is 1. The first kappa shape index (κ1) is 8.02. The molecule has 0 aromatic rings. The third kappa shape index (κ3) is 1.50. The molecule has 60 valence electrons. The van der Waals surface area contributed by atoms with Crippen molar-refractivity contribution in [3.63, 3.8) is 0 Å². The first-order valence-electron chi connectivity index (χ1n) is 4.08. The Hall–Kier alpha value is -0.0800. The molecule has 0 bridgehead atoms. The number of rotatable bonds is 0. The maximum Gasteiger partial charge on any atom is 0.00814 e. The molecule has 0 radical (unpaired) electrons. The molecule has 0 spiro atoms. The lowest BCUT2D eigenvalue weighted by Gasteiger charge is -2.38. The van der Waals surface area contributed by atoms with E-state index in [1.54, 1.807) is 0 Å². The second-order valence-corrected chi connectivity index (χ2v) is 3.59. The van der Waals surface area contributed by atoms with Crippen LogP contribution in [0.3, 0.4) is 0 Å². The fraction of sp³-hybridized carbons (Fsp3) is 1.00. The lowest BCUT2D eigenvalue weighted by Crippen LogP contribution is -2.48. The third-order valence-electron chi connectivity index (χ3n) is 2.68. The van der Waals surface area contributed by atoms with Crippen molar-refractivity contribution in [3.05, 3.63) is 0 Å². The zero-order valence-corrected chi connectivity index (χ0v) is 7.17. The van der Waals surface area contributed by atoms with Gasteiger partial charge in [-0.1, -0.05) is 0 Å². The fourth-order valence-electron chi connectivity index (χ4n) is 1.74. The number of hydrogen-bond acceptors (Lipinski definition) is 2. The topological polar surface area (TPSA) is 29.3 Å².